The number of phenols is 1. The molecular formula is C16H14FN5O. The average Bonchev–Trinajstić information content (AvgIpc) is 3.07. The number of aryl methyl sites for hydroxylation is 1. The van der Waals surface area contributed by atoms with Crippen molar-refractivity contribution in [3.05, 3.63) is 48.3 Å². The van der Waals surface area contributed by atoms with Crippen LogP contribution in [0.1, 0.15) is 5.69 Å². The molecule has 0 aliphatic heterocycles. The van der Waals surface area contributed by atoms with Gasteiger partial charge in [-0.15, -0.1) is 0 Å². The van der Waals surface area contributed by atoms with Crippen molar-refractivity contribution in [3.63, 3.8) is 0 Å². The third-order valence-corrected chi connectivity index (χ3v) is 3.50. The van der Waals surface area contributed by atoms with Crippen molar-refractivity contribution >= 4 is 5.69 Å². The summed E-state index contributed by atoms with van der Waals surface area (Å²) < 4.78 is 14.5. The summed E-state index contributed by atoms with van der Waals surface area (Å²) in [6.07, 6.45) is 4.62. The van der Waals surface area contributed by atoms with Gasteiger partial charge in [0.25, 0.3) is 0 Å². The monoisotopic (exact) mass is 311 g/mol. The van der Waals surface area contributed by atoms with E-state index >= 15 is 0 Å². The highest BCUT2D eigenvalue weighted by atomic mass is 19.1. The van der Waals surface area contributed by atoms with Crippen LogP contribution in [0, 0.1) is 12.7 Å². The van der Waals surface area contributed by atoms with Crippen LogP contribution in [0.3, 0.4) is 0 Å². The van der Waals surface area contributed by atoms with Gasteiger partial charge < -0.3 is 5.11 Å². The number of phenolic OH excluding ortho intramolecular Hbond substituents is 1. The molecule has 0 spiro atoms. The number of benzene rings is 1. The molecule has 6 nitrogen and oxygen atoms in total. The van der Waals surface area contributed by atoms with E-state index in [1.807, 2.05) is 0 Å². The zero-order valence-electron chi connectivity index (χ0n) is 12.6. The van der Waals surface area contributed by atoms with E-state index in [9.17, 15) is 9.50 Å². The number of H-pyrrole nitrogens is 1. The first kappa shape index (κ1) is 14.8. The number of aromatic nitrogens is 3. The molecule has 0 saturated carbocycles. The molecule has 0 amide bonds. The molecule has 3 rings (SSSR count). The maximum atomic E-state index is 14.5. The minimum absolute atomic E-state index is 0.272. The number of hydrogen-bond acceptors (Lipinski definition) is 5. The van der Waals surface area contributed by atoms with Gasteiger partial charge in [-0.1, -0.05) is 6.07 Å². The summed E-state index contributed by atoms with van der Waals surface area (Å²) in [6.45, 7) is 1.80. The first-order chi connectivity index (χ1) is 11.1. The lowest BCUT2D eigenvalue weighted by Gasteiger charge is -2.10. The second-order valence-corrected chi connectivity index (χ2v) is 4.94. The topological polar surface area (TPSA) is 86.5 Å². The molecule has 0 aliphatic rings. The summed E-state index contributed by atoms with van der Waals surface area (Å²) >= 11 is 0. The number of hydrogen-bond donors (Lipinski definition) is 2. The molecular weight excluding hydrogens is 297 g/mol. The van der Waals surface area contributed by atoms with Crippen LogP contribution in [-0.2, 0) is 0 Å². The highest BCUT2D eigenvalue weighted by Crippen LogP contribution is 2.37. The van der Waals surface area contributed by atoms with Crippen LogP contribution in [0.5, 0.6) is 5.75 Å². The van der Waals surface area contributed by atoms with Crippen LogP contribution in [0.25, 0.3) is 22.3 Å². The number of aromatic hydroxyl groups is 1. The van der Waals surface area contributed by atoms with E-state index in [0.717, 1.165) is 0 Å². The Labute approximate surface area is 131 Å². The van der Waals surface area contributed by atoms with Gasteiger partial charge in [0.05, 0.1) is 11.9 Å². The summed E-state index contributed by atoms with van der Waals surface area (Å²) in [6, 6.07) is 4.94. The molecule has 116 valence electrons. The highest BCUT2D eigenvalue weighted by molar-refractivity contribution is 5.77. The standard InChI is InChI=1S/C16H14FN5O/c1-9-14(22-18-2)5-10(6-19-9)13-4-3-12(15(17)16(13)23)11-7-20-21-8-11/h3-8,23H,1-2H3,(H,20,21). The minimum Gasteiger partial charge on any atom is -0.504 e. The van der Waals surface area contributed by atoms with Crippen molar-refractivity contribution < 1.29 is 9.50 Å². The van der Waals surface area contributed by atoms with Crippen molar-refractivity contribution in [2.45, 2.75) is 6.92 Å². The first-order valence-electron chi connectivity index (χ1n) is 6.89. The molecule has 2 N–H and O–H groups in total. The fraction of sp³-hybridized carbons (Fsp3) is 0.125. The normalized spacial score (nSPS) is 11.3. The van der Waals surface area contributed by atoms with E-state index in [4.69, 9.17) is 0 Å². The summed E-state index contributed by atoms with van der Waals surface area (Å²) in [5.41, 5.74) is 3.02. The number of halogens is 1. The Morgan fingerprint density at radius 3 is 2.65 bits per heavy atom. The predicted octanol–water partition coefficient (Wildman–Crippen LogP) is 4.01. The molecule has 0 radical (unpaired) electrons. The Morgan fingerprint density at radius 1 is 1.17 bits per heavy atom. The number of rotatable bonds is 3. The first-order valence-corrected chi connectivity index (χ1v) is 6.89. The van der Waals surface area contributed by atoms with Gasteiger partial charge in [-0.25, -0.2) is 4.39 Å². The van der Waals surface area contributed by atoms with Crippen LogP contribution < -0.4 is 0 Å². The summed E-state index contributed by atoms with van der Waals surface area (Å²) in [4.78, 5) is 4.21. The van der Waals surface area contributed by atoms with Crippen LogP contribution in [0.15, 0.2) is 47.0 Å². The Balaban J connectivity index is 2.11. The van der Waals surface area contributed by atoms with E-state index in [-0.39, 0.29) is 5.56 Å². The third kappa shape index (κ3) is 2.68. The lowest BCUT2D eigenvalue weighted by Crippen LogP contribution is -1.90. The molecule has 0 bridgehead atoms. The second kappa shape index (κ2) is 5.96. The Bertz CT molecular complexity index is 874. The van der Waals surface area contributed by atoms with Crippen molar-refractivity contribution in [1.29, 1.82) is 0 Å². The van der Waals surface area contributed by atoms with E-state index in [0.29, 0.717) is 28.1 Å². The number of pyridine rings is 1. The number of nitrogens with one attached hydrogen (secondary N) is 1. The van der Waals surface area contributed by atoms with Crippen LogP contribution in [-0.4, -0.2) is 27.3 Å². The number of aromatic amines is 1. The van der Waals surface area contributed by atoms with Crippen molar-refractivity contribution in [2.75, 3.05) is 7.05 Å². The summed E-state index contributed by atoms with van der Waals surface area (Å²) in [5.74, 6) is -1.14. The van der Waals surface area contributed by atoms with Gasteiger partial charge in [0.2, 0.25) is 0 Å². The molecule has 7 heteroatoms. The van der Waals surface area contributed by atoms with Crippen LogP contribution in [0.4, 0.5) is 10.1 Å². The Kier molecular flexibility index (Phi) is 3.84. The zero-order valence-corrected chi connectivity index (χ0v) is 12.6. The zero-order chi connectivity index (χ0) is 16.4. The molecule has 1 aromatic carbocycles. The fourth-order valence-electron chi connectivity index (χ4n) is 2.30. The smallest absolute Gasteiger partial charge is 0.173 e. The predicted molar refractivity (Wildman–Crippen MR) is 84.1 cm³/mol. The number of nitrogens with zero attached hydrogens (tertiary/aromatic N) is 4. The molecule has 2 heterocycles. The van der Waals surface area contributed by atoms with Crippen molar-refractivity contribution in [1.82, 2.24) is 15.2 Å². The van der Waals surface area contributed by atoms with Gasteiger partial charge in [0, 0.05) is 41.7 Å². The highest BCUT2D eigenvalue weighted by Gasteiger charge is 2.16. The molecule has 0 fully saturated rings. The summed E-state index contributed by atoms with van der Waals surface area (Å²) in [7, 11) is 1.56. The quantitative estimate of drug-likeness (QED) is 0.717. The van der Waals surface area contributed by atoms with E-state index < -0.39 is 11.6 Å². The molecule has 2 aromatic heterocycles. The summed E-state index contributed by atoms with van der Waals surface area (Å²) in [5, 5.41) is 24.3. The van der Waals surface area contributed by atoms with E-state index in [2.05, 4.69) is 25.4 Å². The van der Waals surface area contributed by atoms with E-state index in [1.165, 1.54) is 6.20 Å². The van der Waals surface area contributed by atoms with Gasteiger partial charge >= 0.3 is 0 Å². The molecule has 3 aromatic rings. The van der Waals surface area contributed by atoms with Gasteiger partial charge in [-0.3, -0.25) is 10.1 Å². The molecule has 0 aliphatic carbocycles. The van der Waals surface area contributed by atoms with Gasteiger partial charge in [-0.2, -0.15) is 15.3 Å². The average molecular weight is 311 g/mol. The molecule has 23 heavy (non-hydrogen) atoms. The molecule has 0 atom stereocenters. The molecule has 0 saturated heterocycles. The van der Waals surface area contributed by atoms with Crippen molar-refractivity contribution in [3.8, 4) is 28.0 Å². The Hall–Kier alpha value is -3.09. The largest absolute Gasteiger partial charge is 0.504 e. The SMILES string of the molecule is CN=Nc1cc(-c2ccc(-c3cn[nH]c3)c(F)c2O)cnc1C. The van der Waals surface area contributed by atoms with Gasteiger partial charge in [0.1, 0.15) is 5.69 Å². The lowest BCUT2D eigenvalue weighted by molar-refractivity contribution is 0.435. The van der Waals surface area contributed by atoms with Crippen LogP contribution >= 0.6 is 0 Å². The second-order valence-electron chi connectivity index (χ2n) is 4.94. The lowest BCUT2D eigenvalue weighted by atomic mass is 10.0. The Morgan fingerprint density at radius 2 is 1.96 bits per heavy atom. The van der Waals surface area contributed by atoms with Crippen molar-refractivity contribution in [2.24, 2.45) is 10.2 Å². The third-order valence-electron chi connectivity index (χ3n) is 3.50. The maximum Gasteiger partial charge on any atom is 0.173 e. The van der Waals surface area contributed by atoms with Gasteiger partial charge in [0.15, 0.2) is 11.6 Å². The maximum absolute atomic E-state index is 14.5. The number of azo groups is 1. The fourth-order valence-corrected chi connectivity index (χ4v) is 2.30. The molecule has 0 unspecified atom stereocenters. The minimum atomic E-state index is -0.705. The van der Waals surface area contributed by atoms with Crippen LogP contribution in [0.2, 0.25) is 0 Å². The van der Waals surface area contributed by atoms with Gasteiger partial charge in [-0.05, 0) is 19.1 Å². The van der Waals surface area contributed by atoms with E-state index in [1.54, 1.807) is 44.6 Å².